The lowest BCUT2D eigenvalue weighted by molar-refractivity contribution is -0.895. The van der Waals surface area contributed by atoms with E-state index in [4.69, 9.17) is 17.0 Å². The highest BCUT2D eigenvalue weighted by Crippen LogP contribution is 2.16. The quantitative estimate of drug-likeness (QED) is 0.626. The Morgan fingerprint density at radius 3 is 2.28 bits per heavy atom. The van der Waals surface area contributed by atoms with Gasteiger partial charge in [0.25, 0.3) is 5.91 Å². The Kier molecular flexibility index (Phi) is 7.37. The van der Waals surface area contributed by atoms with Crippen molar-refractivity contribution in [2.45, 2.75) is 6.92 Å². The van der Waals surface area contributed by atoms with Crippen LogP contribution in [0.25, 0.3) is 0 Å². The van der Waals surface area contributed by atoms with Gasteiger partial charge in [0.05, 0.1) is 32.8 Å². The van der Waals surface area contributed by atoms with Gasteiger partial charge in [0.15, 0.2) is 11.7 Å². The van der Waals surface area contributed by atoms with Crippen LogP contribution in [0, 0.1) is 5.82 Å². The van der Waals surface area contributed by atoms with Crippen molar-refractivity contribution in [1.82, 2.24) is 4.90 Å². The van der Waals surface area contributed by atoms with Crippen LogP contribution in [-0.4, -0.2) is 55.3 Å². The molecule has 0 aromatic heterocycles. The van der Waals surface area contributed by atoms with E-state index < -0.39 is 0 Å². The van der Waals surface area contributed by atoms with Gasteiger partial charge in [0.2, 0.25) is 0 Å². The maximum Gasteiger partial charge on any atom is 0.279 e. The minimum absolute atomic E-state index is 0.0739. The number of halogens is 1. The number of carbonyl (C=O) groups is 1. The molecule has 2 aromatic rings. The normalized spacial score (nSPS) is 14.3. The van der Waals surface area contributed by atoms with Crippen LogP contribution in [0.15, 0.2) is 48.5 Å². The van der Waals surface area contributed by atoms with Crippen molar-refractivity contribution in [3.8, 4) is 5.75 Å². The number of hydrogen-bond donors (Lipinski definition) is 3. The third-order valence-electron chi connectivity index (χ3n) is 4.71. The largest absolute Gasteiger partial charge is 0.494 e. The summed E-state index contributed by atoms with van der Waals surface area (Å²) in [6.45, 7) is 6.17. The van der Waals surface area contributed by atoms with Crippen LogP contribution in [0.2, 0.25) is 0 Å². The third-order valence-corrected chi connectivity index (χ3v) is 5.07. The first-order valence-corrected chi connectivity index (χ1v) is 10.1. The van der Waals surface area contributed by atoms with Crippen molar-refractivity contribution < 1.29 is 18.8 Å². The average Bonchev–Trinajstić information content (AvgIpc) is 2.72. The van der Waals surface area contributed by atoms with Gasteiger partial charge in [0.1, 0.15) is 11.6 Å². The van der Waals surface area contributed by atoms with Crippen molar-refractivity contribution in [3.05, 3.63) is 54.3 Å². The van der Waals surface area contributed by atoms with Gasteiger partial charge in [-0.1, -0.05) is 0 Å². The van der Waals surface area contributed by atoms with Crippen molar-refractivity contribution in [2.24, 2.45) is 0 Å². The molecule has 1 saturated heterocycles. The number of piperazine rings is 1. The van der Waals surface area contributed by atoms with E-state index in [2.05, 4.69) is 15.5 Å². The average molecular weight is 418 g/mol. The third kappa shape index (κ3) is 6.40. The topological polar surface area (TPSA) is 58.0 Å². The van der Waals surface area contributed by atoms with Crippen molar-refractivity contribution in [2.75, 3.05) is 50.0 Å². The number of benzene rings is 2. The second-order valence-corrected chi connectivity index (χ2v) is 7.24. The van der Waals surface area contributed by atoms with E-state index in [1.807, 2.05) is 31.2 Å². The van der Waals surface area contributed by atoms with Crippen LogP contribution in [0.5, 0.6) is 5.75 Å². The Bertz CT molecular complexity index is 822. The van der Waals surface area contributed by atoms with E-state index in [1.54, 1.807) is 12.1 Å². The van der Waals surface area contributed by atoms with Gasteiger partial charge in [-0.2, -0.15) is 0 Å². The Morgan fingerprint density at radius 1 is 1.07 bits per heavy atom. The molecule has 1 fully saturated rings. The minimum Gasteiger partial charge on any atom is -0.494 e. The number of nitrogens with one attached hydrogen (secondary N) is 3. The molecule has 3 rings (SSSR count). The molecular formula is C21H26FN4O2S+. The van der Waals surface area contributed by atoms with Gasteiger partial charge in [-0.3, -0.25) is 4.79 Å². The molecule has 0 saturated carbocycles. The molecule has 0 radical (unpaired) electrons. The Hall–Kier alpha value is -2.71. The minimum atomic E-state index is -0.320. The zero-order valence-electron chi connectivity index (χ0n) is 16.4. The molecule has 0 spiro atoms. The summed E-state index contributed by atoms with van der Waals surface area (Å²) in [5.41, 5.74) is 1.53. The first kappa shape index (κ1) is 21.0. The Labute approximate surface area is 175 Å². The fraction of sp³-hybridized carbons (Fsp3) is 0.333. The van der Waals surface area contributed by atoms with Crippen LogP contribution in [-0.2, 0) is 4.79 Å². The van der Waals surface area contributed by atoms with Gasteiger partial charge >= 0.3 is 0 Å². The highest BCUT2D eigenvalue weighted by molar-refractivity contribution is 7.80. The molecule has 1 aliphatic rings. The molecule has 3 N–H and O–H groups in total. The summed E-state index contributed by atoms with van der Waals surface area (Å²) in [5.74, 6) is 0.440. The summed E-state index contributed by atoms with van der Waals surface area (Å²) in [4.78, 5) is 15.5. The van der Waals surface area contributed by atoms with Gasteiger partial charge in [0, 0.05) is 11.4 Å². The number of carbonyl (C=O) groups excluding carboxylic acids is 1. The number of rotatable bonds is 6. The van der Waals surface area contributed by atoms with E-state index in [-0.39, 0.29) is 11.7 Å². The molecule has 2 aromatic carbocycles. The van der Waals surface area contributed by atoms with Gasteiger partial charge in [-0.15, -0.1) is 0 Å². The molecule has 1 heterocycles. The van der Waals surface area contributed by atoms with Gasteiger partial charge < -0.3 is 25.2 Å². The second kappa shape index (κ2) is 10.2. The Balaban J connectivity index is 1.41. The molecule has 0 atom stereocenters. The van der Waals surface area contributed by atoms with Crippen LogP contribution in [0.3, 0.4) is 0 Å². The molecule has 0 bridgehead atoms. The summed E-state index contributed by atoms with van der Waals surface area (Å²) < 4.78 is 18.4. The fourth-order valence-corrected chi connectivity index (χ4v) is 3.47. The summed E-state index contributed by atoms with van der Waals surface area (Å²) in [5, 5.41) is 6.75. The summed E-state index contributed by atoms with van der Waals surface area (Å²) in [6.07, 6.45) is 0. The van der Waals surface area contributed by atoms with Crippen molar-refractivity contribution >= 4 is 34.6 Å². The monoisotopic (exact) mass is 417 g/mol. The maximum atomic E-state index is 12.9. The van der Waals surface area contributed by atoms with Crippen LogP contribution in [0.1, 0.15) is 6.92 Å². The lowest BCUT2D eigenvalue weighted by Crippen LogP contribution is -3.15. The first-order chi connectivity index (χ1) is 14.0. The lowest BCUT2D eigenvalue weighted by Gasteiger charge is -2.33. The van der Waals surface area contributed by atoms with Gasteiger partial charge in [-0.25, -0.2) is 4.39 Å². The number of quaternary nitrogens is 1. The lowest BCUT2D eigenvalue weighted by atomic mass is 10.3. The summed E-state index contributed by atoms with van der Waals surface area (Å²) in [7, 11) is 0. The SMILES string of the molecule is CCOc1ccc(NC(=S)N2CC[NH+](CC(=O)Nc3ccc(F)cc3)CC2)cc1. The van der Waals surface area contributed by atoms with Crippen molar-refractivity contribution in [3.63, 3.8) is 0 Å². The number of thiocarbonyl (C=S) groups is 1. The van der Waals surface area contributed by atoms with E-state index in [0.717, 1.165) is 37.6 Å². The molecule has 6 nitrogen and oxygen atoms in total. The molecule has 8 heteroatoms. The molecule has 154 valence electrons. The number of amides is 1. The van der Waals surface area contributed by atoms with E-state index in [1.165, 1.54) is 17.0 Å². The molecular weight excluding hydrogens is 391 g/mol. The number of ether oxygens (including phenoxy) is 1. The van der Waals surface area contributed by atoms with Crippen LogP contribution >= 0.6 is 12.2 Å². The number of nitrogens with zero attached hydrogens (tertiary/aromatic N) is 1. The van der Waals surface area contributed by atoms with Crippen molar-refractivity contribution in [1.29, 1.82) is 0 Å². The summed E-state index contributed by atoms with van der Waals surface area (Å²) >= 11 is 5.53. The molecule has 1 aliphatic heterocycles. The van der Waals surface area contributed by atoms with E-state index >= 15 is 0 Å². The summed E-state index contributed by atoms with van der Waals surface area (Å²) in [6, 6.07) is 13.5. The Morgan fingerprint density at radius 2 is 1.66 bits per heavy atom. The van der Waals surface area contributed by atoms with Crippen LogP contribution < -0.4 is 20.3 Å². The van der Waals surface area contributed by atoms with Crippen LogP contribution in [0.4, 0.5) is 15.8 Å². The fourth-order valence-electron chi connectivity index (χ4n) is 3.17. The second-order valence-electron chi connectivity index (χ2n) is 6.86. The van der Waals surface area contributed by atoms with Gasteiger partial charge in [-0.05, 0) is 67.7 Å². The zero-order valence-corrected chi connectivity index (χ0v) is 17.2. The molecule has 0 aliphatic carbocycles. The highest BCUT2D eigenvalue weighted by Gasteiger charge is 2.23. The first-order valence-electron chi connectivity index (χ1n) is 9.71. The molecule has 0 unspecified atom stereocenters. The molecule has 29 heavy (non-hydrogen) atoms. The van der Waals surface area contributed by atoms with E-state index in [0.29, 0.717) is 24.0 Å². The number of anilines is 2. The smallest absolute Gasteiger partial charge is 0.279 e. The zero-order chi connectivity index (χ0) is 20.6. The predicted molar refractivity (Wildman–Crippen MR) is 116 cm³/mol. The van der Waals surface area contributed by atoms with E-state index in [9.17, 15) is 9.18 Å². The standard InChI is InChI=1S/C21H25FN4O2S/c1-2-28-19-9-7-18(8-10-19)24-21(29)26-13-11-25(12-14-26)15-20(27)23-17-5-3-16(22)4-6-17/h3-10H,2,11-15H2,1H3,(H,23,27)(H,24,29)/p+1. The highest BCUT2D eigenvalue weighted by atomic mass is 32.1. The predicted octanol–water partition coefficient (Wildman–Crippen LogP) is 1.76. The molecule has 1 amide bonds. The number of hydrogen-bond acceptors (Lipinski definition) is 3. The maximum absolute atomic E-state index is 12.9.